The van der Waals surface area contributed by atoms with Crippen LogP contribution in [0.15, 0.2) is 24.3 Å². The summed E-state index contributed by atoms with van der Waals surface area (Å²) in [7, 11) is -3.20. The first-order valence-electron chi connectivity index (χ1n) is 11.4. The summed E-state index contributed by atoms with van der Waals surface area (Å²) in [4.78, 5) is 70.4. The molecule has 2 aromatic rings. The minimum absolute atomic E-state index is 0.215. The van der Waals surface area contributed by atoms with E-state index in [0.717, 1.165) is 16.9 Å². The predicted molar refractivity (Wildman–Crippen MR) is 128 cm³/mol. The van der Waals surface area contributed by atoms with Crippen LogP contribution in [0.4, 0.5) is 0 Å². The number of hydrogen-bond donors (Lipinski definition) is 2. The summed E-state index contributed by atoms with van der Waals surface area (Å²) in [5, 5.41) is 22.4. The standard InChI is InChI=1S/C8H7N3O2.C7H11NO7S.C6H9NO4/c1-6(12)13-11-8-5-3-2-4-7(8)9-10-11;1-4(15-11)8-6(9)3-5(7(8)10)16(12,13)14-2;1-4(11-10)7-5(8)2-3-6(7)9/h2-5H,1H3;4-5,11H,3H2,1-2H3;4,10H,2-3H2,1H3. The molecule has 0 aliphatic carbocycles. The molecule has 3 unspecified atom stereocenters. The van der Waals surface area contributed by atoms with Gasteiger partial charge in [-0.1, -0.05) is 17.0 Å². The van der Waals surface area contributed by atoms with Gasteiger partial charge in [-0.15, -0.1) is 5.10 Å². The normalized spacial score (nSPS) is 18.7. The highest BCUT2D eigenvalue weighted by molar-refractivity contribution is 7.88. The van der Waals surface area contributed by atoms with Crippen LogP contribution >= 0.6 is 0 Å². The van der Waals surface area contributed by atoms with Gasteiger partial charge < -0.3 is 4.84 Å². The number of imide groups is 2. The molecule has 2 aliphatic heterocycles. The Morgan fingerprint density at radius 2 is 1.52 bits per heavy atom. The number of nitrogens with zero attached hydrogens (tertiary/aromatic N) is 5. The zero-order chi connectivity index (χ0) is 30.2. The lowest BCUT2D eigenvalue weighted by Gasteiger charge is -2.19. The molecule has 2 N–H and O–H groups in total. The molecule has 1 aromatic carbocycles. The highest BCUT2D eigenvalue weighted by Gasteiger charge is 2.48. The molecular formula is C21H27N5O13S. The van der Waals surface area contributed by atoms with Gasteiger partial charge in [0.15, 0.2) is 17.7 Å². The molecule has 40 heavy (non-hydrogen) atoms. The van der Waals surface area contributed by atoms with Gasteiger partial charge in [-0.25, -0.2) is 25.1 Å². The molecule has 2 aliphatic rings. The van der Waals surface area contributed by atoms with Gasteiger partial charge >= 0.3 is 5.97 Å². The van der Waals surface area contributed by atoms with Crippen molar-refractivity contribution in [2.75, 3.05) is 7.11 Å². The van der Waals surface area contributed by atoms with Crippen molar-refractivity contribution in [2.45, 2.75) is 57.7 Å². The first-order valence-corrected chi connectivity index (χ1v) is 12.9. The Morgan fingerprint density at radius 3 is 2.05 bits per heavy atom. The summed E-state index contributed by atoms with van der Waals surface area (Å²) >= 11 is 0. The van der Waals surface area contributed by atoms with Crippen LogP contribution in [0.25, 0.3) is 11.0 Å². The van der Waals surface area contributed by atoms with Gasteiger partial charge in [-0.2, -0.15) is 8.42 Å². The molecule has 0 bridgehead atoms. The molecule has 4 rings (SSSR count). The van der Waals surface area contributed by atoms with Crippen LogP contribution in [-0.4, -0.2) is 98.3 Å². The third kappa shape index (κ3) is 7.61. The molecule has 2 fully saturated rings. The van der Waals surface area contributed by atoms with Crippen LogP contribution in [-0.2, 0) is 48.0 Å². The second kappa shape index (κ2) is 14.0. The summed E-state index contributed by atoms with van der Waals surface area (Å²) in [6, 6.07) is 7.24. The number of fused-ring (bicyclic) bond motifs is 1. The molecule has 0 saturated carbocycles. The van der Waals surface area contributed by atoms with Gasteiger partial charge in [0.1, 0.15) is 11.0 Å². The van der Waals surface area contributed by atoms with Crippen molar-refractivity contribution in [1.82, 2.24) is 25.0 Å². The number of amides is 4. The number of aromatic nitrogens is 3. The molecule has 0 radical (unpaired) electrons. The molecular weight excluding hydrogens is 562 g/mol. The lowest BCUT2D eigenvalue weighted by Crippen LogP contribution is -2.42. The van der Waals surface area contributed by atoms with Gasteiger partial charge in [-0.05, 0) is 31.2 Å². The third-order valence-electron chi connectivity index (χ3n) is 5.38. The number of likely N-dealkylation sites (tertiary alicyclic amines) is 2. The number of benzene rings is 1. The van der Waals surface area contributed by atoms with E-state index in [-0.39, 0.29) is 24.7 Å². The highest BCUT2D eigenvalue weighted by atomic mass is 32.2. The molecule has 19 heteroatoms. The largest absolute Gasteiger partial charge is 0.332 e. The maximum Gasteiger partial charge on any atom is 0.332 e. The summed E-state index contributed by atoms with van der Waals surface area (Å²) in [5.41, 5.74) is 1.38. The maximum atomic E-state index is 11.6. The first-order chi connectivity index (χ1) is 18.8. The average molecular weight is 590 g/mol. The molecule has 1 aromatic heterocycles. The number of carbonyl (C=O) groups is 5. The second-order valence-corrected chi connectivity index (χ2v) is 9.94. The Bertz CT molecular complexity index is 1350. The van der Waals surface area contributed by atoms with Crippen LogP contribution in [0.3, 0.4) is 0 Å². The number of rotatable bonds is 7. The Morgan fingerprint density at radius 1 is 0.975 bits per heavy atom. The zero-order valence-electron chi connectivity index (χ0n) is 21.7. The van der Waals surface area contributed by atoms with Crippen LogP contribution < -0.4 is 4.84 Å². The van der Waals surface area contributed by atoms with Gasteiger partial charge in [0.2, 0.25) is 17.7 Å². The molecule has 0 spiro atoms. The van der Waals surface area contributed by atoms with Crippen molar-refractivity contribution < 1.29 is 61.7 Å². The molecule has 3 heterocycles. The predicted octanol–water partition coefficient (Wildman–Crippen LogP) is -0.697. The summed E-state index contributed by atoms with van der Waals surface area (Å²) < 4.78 is 26.7. The quantitative estimate of drug-likeness (QED) is 0.134. The lowest BCUT2D eigenvalue weighted by atomic mass is 10.3. The van der Waals surface area contributed by atoms with Gasteiger partial charge in [0.05, 0.1) is 13.5 Å². The highest BCUT2D eigenvalue weighted by Crippen LogP contribution is 2.23. The van der Waals surface area contributed by atoms with Crippen molar-refractivity contribution >= 4 is 50.7 Å². The van der Waals surface area contributed by atoms with Crippen molar-refractivity contribution in [3.63, 3.8) is 0 Å². The van der Waals surface area contributed by atoms with Crippen molar-refractivity contribution in [2.24, 2.45) is 0 Å². The van der Waals surface area contributed by atoms with Crippen molar-refractivity contribution in [3.05, 3.63) is 24.3 Å². The van der Waals surface area contributed by atoms with Crippen LogP contribution in [0.2, 0.25) is 0 Å². The van der Waals surface area contributed by atoms with Crippen molar-refractivity contribution in [1.29, 1.82) is 0 Å². The molecule has 2 saturated heterocycles. The minimum atomic E-state index is -4.10. The average Bonchev–Trinajstić information content (AvgIpc) is 3.58. The van der Waals surface area contributed by atoms with Gasteiger partial charge in [0, 0.05) is 19.8 Å². The fourth-order valence-corrected chi connectivity index (χ4v) is 4.42. The first kappa shape index (κ1) is 32.3. The Hall–Kier alpha value is -3.88. The van der Waals surface area contributed by atoms with E-state index in [9.17, 15) is 32.4 Å². The zero-order valence-corrected chi connectivity index (χ0v) is 22.5. The lowest BCUT2D eigenvalue weighted by molar-refractivity contribution is -0.299. The third-order valence-corrected chi connectivity index (χ3v) is 6.91. The van der Waals surface area contributed by atoms with E-state index in [1.54, 1.807) is 12.1 Å². The van der Waals surface area contributed by atoms with Crippen LogP contribution in [0.1, 0.15) is 40.0 Å². The fourth-order valence-electron chi connectivity index (χ4n) is 3.48. The molecule has 18 nitrogen and oxygen atoms in total. The van der Waals surface area contributed by atoms with E-state index >= 15 is 0 Å². The van der Waals surface area contributed by atoms with E-state index in [0.29, 0.717) is 15.9 Å². The van der Waals surface area contributed by atoms with E-state index in [1.165, 1.54) is 20.8 Å². The van der Waals surface area contributed by atoms with E-state index in [4.69, 9.17) is 15.4 Å². The monoisotopic (exact) mass is 589 g/mol. The van der Waals surface area contributed by atoms with E-state index < -0.39 is 52.0 Å². The number of hydrogen-bond acceptors (Lipinski definition) is 15. The summed E-state index contributed by atoms with van der Waals surface area (Å²) in [6.07, 6.45) is -2.17. The molecule has 4 amide bonds. The van der Waals surface area contributed by atoms with Crippen LogP contribution in [0, 0.1) is 0 Å². The Kier molecular flexibility index (Phi) is 11.3. The molecule has 220 valence electrons. The van der Waals surface area contributed by atoms with Crippen molar-refractivity contribution in [3.8, 4) is 0 Å². The Balaban J connectivity index is 0.000000214. The second-order valence-electron chi connectivity index (χ2n) is 8.06. The maximum absolute atomic E-state index is 11.6. The summed E-state index contributed by atoms with van der Waals surface area (Å²) in [5.74, 6) is -2.71. The van der Waals surface area contributed by atoms with Crippen LogP contribution in [0.5, 0.6) is 0 Å². The molecule has 3 atom stereocenters. The van der Waals surface area contributed by atoms with Gasteiger partial charge in [-0.3, -0.25) is 33.2 Å². The minimum Gasteiger partial charge on any atom is -0.318 e. The fraction of sp³-hybridized carbons (Fsp3) is 0.476. The topological polar surface area (TPSA) is 234 Å². The summed E-state index contributed by atoms with van der Waals surface area (Å²) in [6.45, 7) is 3.98. The van der Waals surface area contributed by atoms with E-state index in [1.807, 2.05) is 12.1 Å². The SMILES string of the molecule is CC(=O)On1nnc2ccccc21.CC(OO)N1C(=O)CCC1=O.COS(=O)(=O)C1CC(=O)N(C(C)OO)C1=O. The smallest absolute Gasteiger partial charge is 0.318 e. The number of carbonyl (C=O) groups excluding carboxylic acids is 5. The van der Waals surface area contributed by atoms with Gasteiger partial charge in [0.25, 0.3) is 16.0 Å². The van der Waals surface area contributed by atoms with E-state index in [2.05, 4.69) is 24.3 Å². The number of para-hydroxylation sites is 1. The Labute approximate surface area is 226 Å².